The molecule has 1 saturated carbocycles. The number of carboxylic acids is 1. The van der Waals surface area contributed by atoms with E-state index in [1.807, 2.05) is 6.92 Å². The fourth-order valence-electron chi connectivity index (χ4n) is 3.15. The average Bonchev–Trinajstić information content (AvgIpc) is 2.15. The molecule has 1 fully saturated rings. The molecule has 3 heteroatoms. The zero-order chi connectivity index (χ0) is 13.3. The van der Waals surface area contributed by atoms with Gasteiger partial charge in [-0.3, -0.25) is 4.79 Å². The van der Waals surface area contributed by atoms with E-state index < -0.39 is 5.97 Å². The fourth-order valence-corrected chi connectivity index (χ4v) is 3.15. The van der Waals surface area contributed by atoms with Crippen molar-refractivity contribution >= 4 is 5.97 Å². The average molecular weight is 241 g/mol. The van der Waals surface area contributed by atoms with Crippen LogP contribution in [0.1, 0.15) is 59.8 Å². The van der Waals surface area contributed by atoms with Crippen LogP contribution >= 0.6 is 0 Å². The Kier molecular flexibility index (Phi) is 4.23. The molecule has 1 unspecified atom stereocenters. The largest absolute Gasteiger partial charge is 0.481 e. The van der Waals surface area contributed by atoms with Gasteiger partial charge >= 0.3 is 5.97 Å². The molecule has 0 aliphatic heterocycles. The molecule has 1 aliphatic carbocycles. The molecule has 1 aliphatic rings. The first-order chi connectivity index (χ1) is 7.67. The fraction of sp³-hybridized carbons (Fsp3) is 0.929. The van der Waals surface area contributed by atoms with Crippen LogP contribution in [-0.2, 0) is 4.79 Å². The van der Waals surface area contributed by atoms with Gasteiger partial charge in [-0.25, -0.2) is 0 Å². The van der Waals surface area contributed by atoms with Crippen molar-refractivity contribution in [3.8, 4) is 0 Å². The maximum absolute atomic E-state index is 11.0. The van der Waals surface area contributed by atoms with Gasteiger partial charge in [-0.05, 0) is 49.4 Å². The van der Waals surface area contributed by atoms with Crippen molar-refractivity contribution in [2.24, 2.45) is 22.5 Å². The Labute approximate surface area is 105 Å². The van der Waals surface area contributed by atoms with E-state index in [1.165, 1.54) is 0 Å². The quantitative estimate of drug-likeness (QED) is 0.798. The number of nitrogens with two attached hydrogens (primary N) is 1. The molecule has 0 spiro atoms. The minimum atomic E-state index is -0.712. The number of carbonyl (C=O) groups is 1. The topological polar surface area (TPSA) is 63.3 Å². The Balaban J connectivity index is 2.71. The molecule has 0 saturated heterocycles. The van der Waals surface area contributed by atoms with Crippen LogP contribution in [0.3, 0.4) is 0 Å². The standard InChI is InChI=1S/C14H27NO2/c1-10(15)14(9-12(16)17)7-5-11(6-8-14)13(2,3)4/h10-11H,5-9,15H2,1-4H3,(H,16,17). The summed E-state index contributed by atoms with van der Waals surface area (Å²) < 4.78 is 0. The van der Waals surface area contributed by atoms with Crippen molar-refractivity contribution in [3.05, 3.63) is 0 Å². The molecule has 0 aromatic heterocycles. The lowest BCUT2D eigenvalue weighted by atomic mass is 9.61. The molecule has 0 bridgehead atoms. The Morgan fingerprint density at radius 2 is 1.88 bits per heavy atom. The van der Waals surface area contributed by atoms with Gasteiger partial charge in [-0.15, -0.1) is 0 Å². The van der Waals surface area contributed by atoms with Gasteiger partial charge in [0.05, 0.1) is 6.42 Å². The molecule has 0 amide bonds. The van der Waals surface area contributed by atoms with Crippen LogP contribution in [0.2, 0.25) is 0 Å². The molecule has 1 rings (SSSR count). The summed E-state index contributed by atoms with van der Waals surface area (Å²) in [7, 11) is 0. The lowest BCUT2D eigenvalue weighted by molar-refractivity contribution is -0.141. The SMILES string of the molecule is CC(N)C1(CC(=O)O)CCC(C(C)(C)C)CC1. The Hall–Kier alpha value is -0.570. The van der Waals surface area contributed by atoms with Gasteiger partial charge in [-0.1, -0.05) is 20.8 Å². The van der Waals surface area contributed by atoms with Gasteiger partial charge in [0.2, 0.25) is 0 Å². The van der Waals surface area contributed by atoms with Crippen LogP contribution in [-0.4, -0.2) is 17.1 Å². The maximum atomic E-state index is 11.0. The highest BCUT2D eigenvalue weighted by Crippen LogP contribution is 2.48. The first-order valence-corrected chi connectivity index (χ1v) is 6.65. The molecule has 3 N–H and O–H groups in total. The van der Waals surface area contributed by atoms with Crippen LogP contribution < -0.4 is 5.73 Å². The van der Waals surface area contributed by atoms with Crippen LogP contribution in [0.25, 0.3) is 0 Å². The summed E-state index contributed by atoms with van der Waals surface area (Å²) in [5.41, 5.74) is 6.20. The molecule has 0 aromatic rings. The van der Waals surface area contributed by atoms with Gasteiger partial charge in [0, 0.05) is 6.04 Å². The van der Waals surface area contributed by atoms with E-state index in [1.54, 1.807) is 0 Å². The molecule has 3 nitrogen and oxygen atoms in total. The highest BCUT2D eigenvalue weighted by atomic mass is 16.4. The summed E-state index contributed by atoms with van der Waals surface area (Å²) in [6.45, 7) is 8.77. The van der Waals surface area contributed by atoms with E-state index in [0.29, 0.717) is 11.3 Å². The van der Waals surface area contributed by atoms with Crippen LogP contribution in [0.5, 0.6) is 0 Å². The molecule has 100 valence electrons. The molecule has 0 radical (unpaired) electrons. The highest BCUT2D eigenvalue weighted by molar-refractivity contribution is 5.67. The monoisotopic (exact) mass is 241 g/mol. The smallest absolute Gasteiger partial charge is 0.303 e. The molecule has 1 atom stereocenters. The predicted octanol–water partition coefficient (Wildman–Crippen LogP) is 3.03. The Morgan fingerprint density at radius 3 is 2.18 bits per heavy atom. The highest BCUT2D eigenvalue weighted by Gasteiger charge is 2.42. The summed E-state index contributed by atoms with van der Waals surface area (Å²) in [4.78, 5) is 11.0. The van der Waals surface area contributed by atoms with Crippen molar-refractivity contribution < 1.29 is 9.90 Å². The zero-order valence-corrected chi connectivity index (χ0v) is 11.6. The number of hydrogen-bond acceptors (Lipinski definition) is 2. The van der Waals surface area contributed by atoms with E-state index in [2.05, 4.69) is 20.8 Å². The maximum Gasteiger partial charge on any atom is 0.303 e. The summed E-state index contributed by atoms with van der Waals surface area (Å²) in [5.74, 6) is -0.0142. The minimum Gasteiger partial charge on any atom is -0.481 e. The molecular formula is C14H27NO2. The molecule has 0 heterocycles. The molecule has 0 aromatic carbocycles. The lowest BCUT2D eigenvalue weighted by Crippen LogP contribution is -2.45. The van der Waals surface area contributed by atoms with E-state index >= 15 is 0 Å². The summed E-state index contributed by atoms with van der Waals surface area (Å²) in [6, 6.07) is -0.0282. The predicted molar refractivity (Wildman–Crippen MR) is 69.7 cm³/mol. The van der Waals surface area contributed by atoms with Gasteiger partial charge in [-0.2, -0.15) is 0 Å². The van der Waals surface area contributed by atoms with E-state index in [-0.39, 0.29) is 17.9 Å². The van der Waals surface area contributed by atoms with Gasteiger partial charge < -0.3 is 10.8 Å². The van der Waals surface area contributed by atoms with E-state index in [4.69, 9.17) is 10.8 Å². The Morgan fingerprint density at radius 1 is 1.41 bits per heavy atom. The van der Waals surface area contributed by atoms with Gasteiger partial charge in [0.1, 0.15) is 0 Å². The second kappa shape index (κ2) is 4.97. The first-order valence-electron chi connectivity index (χ1n) is 6.65. The lowest BCUT2D eigenvalue weighted by Gasteiger charge is -2.45. The second-order valence-corrected chi connectivity index (χ2v) is 6.86. The number of carboxylic acid groups (broad SMARTS) is 1. The Bertz CT molecular complexity index is 270. The minimum absolute atomic E-state index is 0.0282. The van der Waals surface area contributed by atoms with Crippen molar-refractivity contribution in [2.45, 2.75) is 65.8 Å². The third-order valence-corrected chi connectivity index (χ3v) is 4.68. The van der Waals surface area contributed by atoms with Crippen LogP contribution in [0.15, 0.2) is 0 Å². The summed E-state index contributed by atoms with van der Waals surface area (Å²) in [6.07, 6.45) is 4.36. The van der Waals surface area contributed by atoms with E-state index in [9.17, 15) is 4.79 Å². The van der Waals surface area contributed by atoms with Gasteiger partial charge in [0.15, 0.2) is 0 Å². The summed E-state index contributed by atoms with van der Waals surface area (Å²) in [5, 5.41) is 9.05. The van der Waals surface area contributed by atoms with Crippen molar-refractivity contribution in [3.63, 3.8) is 0 Å². The second-order valence-electron chi connectivity index (χ2n) is 6.86. The van der Waals surface area contributed by atoms with E-state index in [0.717, 1.165) is 25.7 Å². The molecule has 17 heavy (non-hydrogen) atoms. The summed E-state index contributed by atoms with van der Waals surface area (Å²) >= 11 is 0. The number of hydrogen-bond donors (Lipinski definition) is 2. The third-order valence-electron chi connectivity index (χ3n) is 4.68. The van der Waals surface area contributed by atoms with Crippen molar-refractivity contribution in [1.29, 1.82) is 0 Å². The number of rotatable bonds is 3. The van der Waals surface area contributed by atoms with Crippen LogP contribution in [0, 0.1) is 16.7 Å². The zero-order valence-electron chi connectivity index (χ0n) is 11.6. The van der Waals surface area contributed by atoms with Gasteiger partial charge in [0.25, 0.3) is 0 Å². The third kappa shape index (κ3) is 3.44. The number of aliphatic carboxylic acids is 1. The molecular weight excluding hydrogens is 214 g/mol. The van der Waals surface area contributed by atoms with Crippen molar-refractivity contribution in [1.82, 2.24) is 0 Å². The normalized spacial score (nSPS) is 32.2. The first kappa shape index (κ1) is 14.5. The van der Waals surface area contributed by atoms with Crippen molar-refractivity contribution in [2.75, 3.05) is 0 Å². The van der Waals surface area contributed by atoms with Crippen LogP contribution in [0.4, 0.5) is 0 Å².